The smallest absolute Gasteiger partial charge is 0.244 e. The van der Waals surface area contributed by atoms with Crippen LogP contribution in [0.15, 0.2) is 27.9 Å². The molecule has 1 aromatic rings. The third-order valence-electron chi connectivity index (χ3n) is 1.79. The monoisotopic (exact) mass is 244 g/mol. The lowest BCUT2D eigenvalue weighted by atomic mass is 9.88. The van der Waals surface area contributed by atoms with Crippen LogP contribution in [0, 0.1) is 5.41 Å². The van der Waals surface area contributed by atoms with Crippen molar-refractivity contribution in [1.29, 1.82) is 0 Å². The average molecular weight is 244 g/mol. The van der Waals surface area contributed by atoms with Crippen LogP contribution in [0.5, 0.6) is 0 Å². The molecule has 5 nitrogen and oxygen atoms in total. The highest BCUT2D eigenvalue weighted by Crippen LogP contribution is 2.21. The van der Waals surface area contributed by atoms with Crippen molar-refractivity contribution in [2.24, 2.45) is 10.5 Å². The van der Waals surface area contributed by atoms with Gasteiger partial charge in [-0.25, -0.2) is 13.2 Å². The van der Waals surface area contributed by atoms with Crippen LogP contribution in [0.2, 0.25) is 0 Å². The van der Waals surface area contributed by atoms with E-state index in [1.54, 1.807) is 12.1 Å². The molecule has 0 fully saturated rings. The molecule has 0 bridgehead atoms. The normalized spacial score (nSPS) is 13.9. The highest BCUT2D eigenvalue weighted by Gasteiger charge is 2.23. The summed E-state index contributed by atoms with van der Waals surface area (Å²) in [6.07, 6.45) is 2.58. The minimum atomic E-state index is -3.35. The van der Waals surface area contributed by atoms with Gasteiger partial charge in [0.25, 0.3) is 0 Å². The fourth-order valence-electron chi connectivity index (χ4n) is 1.13. The van der Waals surface area contributed by atoms with Crippen LogP contribution in [0.25, 0.3) is 0 Å². The van der Waals surface area contributed by atoms with E-state index in [9.17, 15) is 8.42 Å². The third kappa shape index (κ3) is 3.69. The zero-order chi connectivity index (χ0) is 12.4. The first-order chi connectivity index (χ1) is 7.20. The van der Waals surface area contributed by atoms with E-state index in [0.717, 1.165) is 6.26 Å². The summed E-state index contributed by atoms with van der Waals surface area (Å²) in [6.45, 7) is 5.79. The van der Waals surface area contributed by atoms with Crippen molar-refractivity contribution in [3.05, 3.63) is 24.2 Å². The Morgan fingerprint density at radius 3 is 2.44 bits per heavy atom. The second-order valence-corrected chi connectivity index (χ2v) is 6.28. The number of sulfonamides is 1. The van der Waals surface area contributed by atoms with E-state index < -0.39 is 10.0 Å². The second-order valence-electron chi connectivity index (χ2n) is 4.55. The fourth-order valence-corrected chi connectivity index (χ4v) is 1.39. The van der Waals surface area contributed by atoms with Crippen molar-refractivity contribution in [2.75, 3.05) is 6.26 Å². The Labute approximate surface area is 95.6 Å². The molecule has 0 aromatic carbocycles. The lowest BCUT2D eigenvalue weighted by Crippen LogP contribution is -2.26. The summed E-state index contributed by atoms with van der Waals surface area (Å²) in [5.74, 6) is 0.559. The molecule has 0 amide bonds. The van der Waals surface area contributed by atoms with Crippen molar-refractivity contribution < 1.29 is 12.8 Å². The minimum absolute atomic E-state index is 0.310. The van der Waals surface area contributed by atoms with E-state index in [-0.39, 0.29) is 5.41 Å². The Morgan fingerprint density at radius 1 is 1.44 bits per heavy atom. The molecule has 16 heavy (non-hydrogen) atoms. The van der Waals surface area contributed by atoms with Crippen LogP contribution in [0.3, 0.4) is 0 Å². The van der Waals surface area contributed by atoms with E-state index in [1.165, 1.54) is 6.26 Å². The van der Waals surface area contributed by atoms with Gasteiger partial charge < -0.3 is 4.42 Å². The SMILES string of the molecule is CC(C)(C)C(=NNS(C)(=O)=O)c1ccco1. The number of nitrogens with zero attached hydrogens (tertiary/aromatic N) is 1. The largest absolute Gasteiger partial charge is 0.463 e. The van der Waals surface area contributed by atoms with Gasteiger partial charge in [-0.15, -0.1) is 0 Å². The molecule has 0 spiro atoms. The van der Waals surface area contributed by atoms with Gasteiger partial charge >= 0.3 is 0 Å². The maximum Gasteiger partial charge on any atom is 0.244 e. The van der Waals surface area contributed by atoms with Gasteiger partial charge in [0.2, 0.25) is 10.0 Å². The summed E-state index contributed by atoms with van der Waals surface area (Å²) in [5.41, 5.74) is 0.248. The summed E-state index contributed by atoms with van der Waals surface area (Å²) in [6, 6.07) is 3.48. The van der Waals surface area contributed by atoms with Gasteiger partial charge in [-0.2, -0.15) is 5.10 Å². The topological polar surface area (TPSA) is 71.7 Å². The average Bonchev–Trinajstić information content (AvgIpc) is 2.52. The minimum Gasteiger partial charge on any atom is -0.463 e. The lowest BCUT2D eigenvalue weighted by Gasteiger charge is -2.19. The standard InChI is InChI=1S/C10H16N2O3S/c1-10(2,3)9(8-6-5-7-15-8)11-12-16(4,13)14/h5-7,12H,1-4H3. The Kier molecular flexibility index (Phi) is 3.42. The summed E-state index contributed by atoms with van der Waals surface area (Å²) < 4.78 is 27.2. The molecule has 0 aliphatic rings. The van der Waals surface area contributed by atoms with Crippen molar-refractivity contribution in [3.8, 4) is 0 Å². The van der Waals surface area contributed by atoms with Crippen molar-refractivity contribution in [2.45, 2.75) is 20.8 Å². The number of rotatable bonds is 3. The molecule has 0 saturated carbocycles. The molecular weight excluding hydrogens is 228 g/mol. The molecule has 0 atom stereocenters. The number of furan rings is 1. The Hall–Kier alpha value is -1.30. The number of hydrazone groups is 1. The van der Waals surface area contributed by atoms with Crippen LogP contribution >= 0.6 is 0 Å². The Bertz CT molecular complexity index is 467. The Balaban J connectivity index is 3.08. The van der Waals surface area contributed by atoms with Gasteiger partial charge in [0.05, 0.1) is 12.5 Å². The van der Waals surface area contributed by atoms with Gasteiger partial charge in [0.1, 0.15) is 11.5 Å². The lowest BCUT2D eigenvalue weighted by molar-refractivity contribution is 0.521. The Morgan fingerprint density at radius 2 is 2.06 bits per heavy atom. The fraction of sp³-hybridized carbons (Fsp3) is 0.500. The highest BCUT2D eigenvalue weighted by molar-refractivity contribution is 7.88. The molecule has 1 rings (SSSR count). The van der Waals surface area contributed by atoms with Gasteiger partial charge in [0, 0.05) is 5.41 Å². The van der Waals surface area contributed by atoms with Crippen LogP contribution in [0.1, 0.15) is 26.5 Å². The van der Waals surface area contributed by atoms with Gasteiger partial charge in [-0.05, 0) is 12.1 Å². The molecule has 1 N–H and O–H groups in total. The maximum atomic E-state index is 11.0. The number of nitrogens with one attached hydrogen (secondary N) is 1. The number of hydrogen-bond donors (Lipinski definition) is 1. The van der Waals surface area contributed by atoms with Crippen molar-refractivity contribution >= 4 is 15.7 Å². The van der Waals surface area contributed by atoms with E-state index in [2.05, 4.69) is 9.93 Å². The summed E-state index contributed by atoms with van der Waals surface area (Å²) in [4.78, 5) is 2.12. The molecule has 0 aliphatic heterocycles. The van der Waals surface area contributed by atoms with E-state index in [4.69, 9.17) is 4.42 Å². The van der Waals surface area contributed by atoms with Crippen molar-refractivity contribution in [1.82, 2.24) is 4.83 Å². The van der Waals surface area contributed by atoms with Gasteiger partial charge in [-0.3, -0.25) is 0 Å². The van der Waals surface area contributed by atoms with E-state index >= 15 is 0 Å². The second kappa shape index (κ2) is 4.29. The van der Waals surface area contributed by atoms with E-state index in [0.29, 0.717) is 11.5 Å². The summed E-state index contributed by atoms with van der Waals surface area (Å²) in [7, 11) is -3.35. The molecule has 0 saturated heterocycles. The third-order valence-corrected chi connectivity index (χ3v) is 2.21. The first kappa shape index (κ1) is 12.8. The van der Waals surface area contributed by atoms with Gasteiger partial charge in [0.15, 0.2) is 0 Å². The van der Waals surface area contributed by atoms with Crippen LogP contribution in [0.4, 0.5) is 0 Å². The summed E-state index contributed by atoms with van der Waals surface area (Å²) >= 11 is 0. The molecule has 0 unspecified atom stereocenters. The highest BCUT2D eigenvalue weighted by atomic mass is 32.2. The first-order valence-corrected chi connectivity index (χ1v) is 6.68. The zero-order valence-electron chi connectivity index (χ0n) is 9.81. The quantitative estimate of drug-likeness (QED) is 0.648. The van der Waals surface area contributed by atoms with Crippen LogP contribution in [-0.4, -0.2) is 20.4 Å². The molecule has 0 radical (unpaired) electrons. The molecule has 1 heterocycles. The zero-order valence-corrected chi connectivity index (χ0v) is 10.6. The first-order valence-electron chi connectivity index (χ1n) is 4.79. The van der Waals surface area contributed by atoms with Crippen molar-refractivity contribution in [3.63, 3.8) is 0 Å². The molecular formula is C10H16N2O3S. The predicted octanol–water partition coefficient (Wildman–Crippen LogP) is 1.58. The molecule has 90 valence electrons. The predicted molar refractivity (Wildman–Crippen MR) is 62.7 cm³/mol. The maximum absolute atomic E-state index is 11.0. The molecule has 0 aliphatic carbocycles. The van der Waals surface area contributed by atoms with Crippen LogP contribution < -0.4 is 4.83 Å². The summed E-state index contributed by atoms with van der Waals surface area (Å²) in [5, 5.41) is 3.89. The molecule has 6 heteroatoms. The molecule has 1 aromatic heterocycles. The van der Waals surface area contributed by atoms with Crippen LogP contribution in [-0.2, 0) is 10.0 Å². The van der Waals surface area contributed by atoms with Gasteiger partial charge in [-0.1, -0.05) is 20.8 Å². The van der Waals surface area contributed by atoms with E-state index in [1.807, 2.05) is 20.8 Å². The number of hydrogen-bond acceptors (Lipinski definition) is 4.